The van der Waals surface area contributed by atoms with Gasteiger partial charge in [0.05, 0.1) is 27.5 Å². The maximum atomic E-state index is 2.46. The van der Waals surface area contributed by atoms with Gasteiger partial charge < -0.3 is 9.13 Å². The summed E-state index contributed by atoms with van der Waals surface area (Å²) in [7, 11) is 0. The molecule has 0 N–H and O–H groups in total. The molecule has 416 valence electrons. The Morgan fingerprint density at radius 1 is 0.247 bits per heavy atom. The second-order valence-corrected chi connectivity index (χ2v) is 24.6. The van der Waals surface area contributed by atoms with Crippen LogP contribution in [0.5, 0.6) is 0 Å². The van der Waals surface area contributed by atoms with Crippen LogP contribution in [0.3, 0.4) is 0 Å². The van der Waals surface area contributed by atoms with Gasteiger partial charge in [-0.3, -0.25) is 0 Å². The molecule has 2 heteroatoms. The summed E-state index contributed by atoms with van der Waals surface area (Å²) < 4.78 is 4.78. The average molecular weight is 1130 g/mol. The van der Waals surface area contributed by atoms with Crippen LogP contribution in [-0.4, -0.2) is 9.13 Å². The first-order valence-corrected chi connectivity index (χ1v) is 31.0. The van der Waals surface area contributed by atoms with Crippen molar-refractivity contribution in [1.29, 1.82) is 0 Å². The fraction of sp³-hybridized carbons (Fsp3) is 0.0345. The lowest BCUT2D eigenvalue weighted by Gasteiger charge is -2.30. The van der Waals surface area contributed by atoms with Gasteiger partial charge in [-0.05, 0) is 221 Å². The molecule has 0 fully saturated rings. The topological polar surface area (TPSA) is 9.86 Å². The number of hydrogen-bond acceptors (Lipinski definition) is 0. The zero-order chi connectivity index (χ0) is 58.9. The Morgan fingerprint density at radius 2 is 0.584 bits per heavy atom. The second-order valence-electron chi connectivity index (χ2n) is 24.6. The predicted molar refractivity (Wildman–Crippen MR) is 378 cm³/mol. The van der Waals surface area contributed by atoms with Crippen molar-refractivity contribution in [2.24, 2.45) is 0 Å². The summed E-state index contributed by atoms with van der Waals surface area (Å²) in [6.45, 7) is 4.29. The number of hydrogen-bond donors (Lipinski definition) is 0. The fourth-order valence-corrected chi connectivity index (χ4v) is 15.1. The summed E-state index contributed by atoms with van der Waals surface area (Å²) in [6.07, 6.45) is 9.15. The molecule has 2 aliphatic carbocycles. The Bertz CT molecular complexity index is 5330. The van der Waals surface area contributed by atoms with Crippen LogP contribution in [0, 0.1) is 13.8 Å². The standard InChI is InChI=1S/C87H58N2/c1-55-19-39-69(40-20-55)88-83-17-9-5-13-75(83)77-53-67(37-45-85(77)88)65-35-33-61-47-57(27-31-63(61)51-65)23-25-59-29-43-73-74-44-30-60(50-82(74)87(81(73)49-59)79-15-7-3-11-71(79)72-12-4-8-16-80(72)87)26-24-58-28-32-64-52-66(36-34-62(64)48-58)68-38-46-86-78(54-68)76-14-6-10-18-84(76)89(86)70-41-21-56(2)22-42-70/h3-54H,1-2H3. The summed E-state index contributed by atoms with van der Waals surface area (Å²) in [6, 6.07) is 109. The van der Waals surface area contributed by atoms with E-state index in [2.05, 4.69) is 338 Å². The SMILES string of the molecule is Cc1ccc(-n2c3ccccc3c3cc(-c4ccc5cc(C=Cc6ccc7c(c6)C6(c8ccccc8-c8ccccc86)c6cc(C=Cc8ccc9cc(-c%10ccc%11c(c%10)c%10ccccc%10n%11-c%10ccc(C)cc%10)ccc9c8)ccc6-7)ccc5c4)ccc32)cc1. The van der Waals surface area contributed by atoms with Gasteiger partial charge in [0.2, 0.25) is 0 Å². The Balaban J connectivity index is 0.647. The molecule has 2 nitrogen and oxygen atoms in total. The van der Waals surface area contributed by atoms with E-state index in [0.717, 1.165) is 0 Å². The van der Waals surface area contributed by atoms with Gasteiger partial charge in [0.25, 0.3) is 0 Å². The summed E-state index contributed by atoms with van der Waals surface area (Å²) in [4.78, 5) is 0. The highest BCUT2D eigenvalue weighted by molar-refractivity contribution is 6.12. The molecule has 0 saturated carbocycles. The zero-order valence-electron chi connectivity index (χ0n) is 49.4. The Morgan fingerprint density at radius 3 is 1.04 bits per heavy atom. The quantitative estimate of drug-likeness (QED) is 0.134. The van der Waals surface area contributed by atoms with Gasteiger partial charge in [-0.25, -0.2) is 0 Å². The van der Waals surface area contributed by atoms with Crippen LogP contribution in [0.15, 0.2) is 291 Å². The molecule has 0 atom stereocenters. The molecule has 16 aromatic rings. The van der Waals surface area contributed by atoms with Crippen molar-refractivity contribution in [1.82, 2.24) is 9.13 Å². The number of aromatic nitrogens is 2. The smallest absolute Gasteiger partial charge is 0.0725 e. The summed E-state index contributed by atoms with van der Waals surface area (Å²) in [5, 5.41) is 9.94. The van der Waals surface area contributed by atoms with Gasteiger partial charge in [0.1, 0.15) is 0 Å². The molecular weight excluding hydrogens is 1070 g/mol. The van der Waals surface area contributed by atoms with Crippen LogP contribution in [-0.2, 0) is 5.41 Å². The maximum Gasteiger partial charge on any atom is 0.0725 e. The maximum absolute atomic E-state index is 2.46. The molecule has 2 heterocycles. The molecule has 0 amide bonds. The summed E-state index contributed by atoms with van der Waals surface area (Å²) >= 11 is 0. The monoisotopic (exact) mass is 1130 g/mol. The van der Waals surface area contributed by atoms with E-state index in [-0.39, 0.29) is 0 Å². The molecule has 0 saturated heterocycles. The molecule has 0 unspecified atom stereocenters. The van der Waals surface area contributed by atoms with E-state index in [1.165, 1.54) is 177 Å². The lowest BCUT2D eigenvalue weighted by molar-refractivity contribution is 0.793. The van der Waals surface area contributed by atoms with E-state index in [0.29, 0.717) is 0 Å². The minimum atomic E-state index is -0.474. The van der Waals surface area contributed by atoms with E-state index in [4.69, 9.17) is 0 Å². The van der Waals surface area contributed by atoms with Crippen LogP contribution < -0.4 is 0 Å². The molecule has 1 spiro atoms. The molecule has 0 radical (unpaired) electrons. The largest absolute Gasteiger partial charge is 0.309 e. The van der Waals surface area contributed by atoms with Crippen molar-refractivity contribution >= 4 is 89.5 Å². The highest BCUT2D eigenvalue weighted by Crippen LogP contribution is 2.63. The minimum Gasteiger partial charge on any atom is -0.309 e. The Hall–Kier alpha value is -11.3. The average Bonchev–Trinajstić information content (AvgIpc) is 1.52. The molecule has 2 aliphatic rings. The van der Waals surface area contributed by atoms with Gasteiger partial charge in [-0.15, -0.1) is 0 Å². The van der Waals surface area contributed by atoms with E-state index < -0.39 is 5.41 Å². The van der Waals surface area contributed by atoms with Gasteiger partial charge in [0.15, 0.2) is 0 Å². The van der Waals surface area contributed by atoms with Crippen molar-refractivity contribution in [2.75, 3.05) is 0 Å². The normalized spacial score (nSPS) is 13.1. The van der Waals surface area contributed by atoms with Crippen molar-refractivity contribution < 1.29 is 0 Å². The highest BCUT2D eigenvalue weighted by atomic mass is 15.0. The van der Waals surface area contributed by atoms with E-state index in [9.17, 15) is 0 Å². The predicted octanol–water partition coefficient (Wildman–Crippen LogP) is 22.8. The molecule has 89 heavy (non-hydrogen) atoms. The first-order valence-electron chi connectivity index (χ1n) is 31.0. The number of nitrogens with zero attached hydrogens (tertiary/aromatic N) is 2. The first-order chi connectivity index (χ1) is 43.9. The Kier molecular flexibility index (Phi) is 11.4. The number of benzene rings is 14. The van der Waals surface area contributed by atoms with Crippen molar-refractivity contribution in [3.8, 4) is 55.9 Å². The van der Waals surface area contributed by atoms with Crippen LogP contribution in [0.25, 0.3) is 145 Å². The molecule has 0 bridgehead atoms. The molecule has 14 aromatic carbocycles. The van der Waals surface area contributed by atoms with Gasteiger partial charge >= 0.3 is 0 Å². The van der Waals surface area contributed by atoms with Gasteiger partial charge in [-0.1, -0.05) is 230 Å². The molecular formula is C87H58N2. The lowest BCUT2D eigenvalue weighted by atomic mass is 9.70. The van der Waals surface area contributed by atoms with Crippen molar-refractivity contribution in [2.45, 2.75) is 19.3 Å². The second kappa shape index (κ2) is 19.9. The molecule has 0 aliphatic heterocycles. The Labute approximate surface area is 517 Å². The number of aryl methyl sites for hydroxylation is 2. The van der Waals surface area contributed by atoms with Crippen molar-refractivity contribution in [3.63, 3.8) is 0 Å². The third kappa shape index (κ3) is 8.04. The molecule has 18 rings (SSSR count). The third-order valence-electron chi connectivity index (χ3n) is 19.4. The van der Waals surface area contributed by atoms with Crippen LogP contribution in [0.2, 0.25) is 0 Å². The van der Waals surface area contributed by atoms with Crippen LogP contribution in [0.4, 0.5) is 0 Å². The summed E-state index contributed by atoms with van der Waals surface area (Å²) in [5.74, 6) is 0. The highest BCUT2D eigenvalue weighted by Gasteiger charge is 2.51. The fourth-order valence-electron chi connectivity index (χ4n) is 15.1. The number of para-hydroxylation sites is 2. The van der Waals surface area contributed by atoms with Crippen molar-refractivity contribution in [3.05, 3.63) is 347 Å². The van der Waals surface area contributed by atoms with Gasteiger partial charge in [0, 0.05) is 32.9 Å². The van der Waals surface area contributed by atoms with E-state index in [1.807, 2.05) is 0 Å². The zero-order valence-corrected chi connectivity index (χ0v) is 49.4. The van der Waals surface area contributed by atoms with Crippen LogP contribution >= 0.6 is 0 Å². The minimum absolute atomic E-state index is 0.474. The molecule has 2 aromatic heterocycles. The third-order valence-corrected chi connectivity index (χ3v) is 19.4. The number of fused-ring (bicyclic) bond motifs is 18. The number of rotatable bonds is 8. The van der Waals surface area contributed by atoms with Gasteiger partial charge in [-0.2, -0.15) is 0 Å². The lowest BCUT2D eigenvalue weighted by Crippen LogP contribution is -2.26. The summed E-state index contributed by atoms with van der Waals surface area (Å²) in [5.41, 5.74) is 29.4. The van der Waals surface area contributed by atoms with E-state index >= 15 is 0 Å². The van der Waals surface area contributed by atoms with Crippen LogP contribution in [0.1, 0.15) is 55.6 Å². The first kappa shape index (κ1) is 51.0. The van der Waals surface area contributed by atoms with E-state index in [1.54, 1.807) is 0 Å².